The highest BCUT2D eigenvalue weighted by molar-refractivity contribution is 8.02. The summed E-state index contributed by atoms with van der Waals surface area (Å²) >= 11 is 7.50. The molecule has 3 saturated heterocycles. The summed E-state index contributed by atoms with van der Waals surface area (Å²) in [5.41, 5.74) is 5.14. The summed E-state index contributed by atoms with van der Waals surface area (Å²) in [6.07, 6.45) is 0.298. The molecule has 3 aliphatic heterocycles. The highest BCUT2D eigenvalue weighted by Gasteiger charge is 2.66. The maximum atomic E-state index is 13.4. The van der Waals surface area contributed by atoms with Crippen molar-refractivity contribution in [3.63, 3.8) is 0 Å². The zero-order chi connectivity index (χ0) is 35.6. The number of phenolic OH excluding ortho intramolecular Hbond substituents is 2. The van der Waals surface area contributed by atoms with Crippen LogP contribution in [0, 0.1) is 0 Å². The van der Waals surface area contributed by atoms with Crippen LogP contribution in [0.4, 0.5) is 9.93 Å². The van der Waals surface area contributed by atoms with Crippen LogP contribution in [0.3, 0.4) is 0 Å². The first kappa shape index (κ1) is 33.5. The Bertz CT molecular complexity index is 1880. The van der Waals surface area contributed by atoms with Crippen molar-refractivity contribution in [2.45, 2.75) is 34.7 Å². The van der Waals surface area contributed by atoms with Gasteiger partial charge >= 0.3 is 23.9 Å². The van der Waals surface area contributed by atoms with E-state index >= 15 is 0 Å². The van der Waals surface area contributed by atoms with Gasteiger partial charge in [-0.25, -0.2) is 24.4 Å². The smallest absolute Gasteiger partial charge is 0.350 e. The number of amides is 5. The summed E-state index contributed by atoms with van der Waals surface area (Å²) in [6.45, 7) is -1.02. The molecule has 8 N–H and O–H groups in total. The van der Waals surface area contributed by atoms with Gasteiger partial charge in [0.15, 0.2) is 22.3 Å². The first-order valence-corrected chi connectivity index (χ1v) is 16.1. The molecule has 0 unspecified atom stereocenters. The predicted octanol–water partition coefficient (Wildman–Crippen LogP) is -1.04. The number of aliphatic carboxylic acids is 2. The van der Waals surface area contributed by atoms with Crippen LogP contribution >= 0.6 is 34.7 Å². The topological polar surface area (TPSA) is 295 Å². The second kappa shape index (κ2) is 12.0. The van der Waals surface area contributed by atoms with Crippen LogP contribution in [-0.4, -0.2) is 129 Å². The molecule has 1 aromatic carbocycles. The Kier molecular flexibility index (Phi) is 8.19. The quantitative estimate of drug-likeness (QED) is 0.0362. The van der Waals surface area contributed by atoms with Gasteiger partial charge in [0.1, 0.15) is 17.1 Å². The maximum absolute atomic E-state index is 13.4. The van der Waals surface area contributed by atoms with Crippen LogP contribution in [0.1, 0.15) is 28.9 Å². The number of thioether (sulfide) groups is 1. The number of Topliss-reactive ketones (excluding diaryl/α,β-unsaturated/α-hetero) is 1. The van der Waals surface area contributed by atoms with E-state index in [0.717, 1.165) is 33.3 Å². The number of β-lactam (4-membered cyclic amide) rings is 1. The predicted molar refractivity (Wildman–Crippen MR) is 165 cm³/mol. The summed E-state index contributed by atoms with van der Waals surface area (Å²) in [5, 5.41) is 45.8. The average Bonchev–Trinajstić information content (AvgIpc) is 3.40. The van der Waals surface area contributed by atoms with Gasteiger partial charge in [-0.05, 0) is 12.1 Å². The van der Waals surface area contributed by atoms with Crippen molar-refractivity contribution in [1.82, 2.24) is 30.5 Å². The lowest BCUT2D eigenvalue weighted by Crippen LogP contribution is -2.68. The first-order chi connectivity index (χ1) is 23.1. The van der Waals surface area contributed by atoms with E-state index in [2.05, 4.69) is 20.9 Å². The molecule has 4 heterocycles. The van der Waals surface area contributed by atoms with Crippen LogP contribution < -0.4 is 16.5 Å². The Hall–Kier alpha value is -5.35. The molecule has 20 nitrogen and oxygen atoms in total. The normalized spacial score (nSPS) is 23.9. The number of nitrogens with zero attached hydrogens (tertiary/aromatic N) is 5. The number of aromatic hydroxyl groups is 2. The van der Waals surface area contributed by atoms with Gasteiger partial charge in [0, 0.05) is 24.8 Å². The lowest BCUT2D eigenvalue weighted by atomic mass is 10.1. The Morgan fingerprint density at radius 3 is 2.41 bits per heavy atom. The summed E-state index contributed by atoms with van der Waals surface area (Å²) in [4.78, 5) is 98.6. The number of urea groups is 1. The molecule has 23 heteroatoms. The highest BCUT2D eigenvalue weighted by Crippen LogP contribution is 2.49. The number of aromatic nitrogens is 1. The number of fused-ring (bicyclic) bond motifs is 1. The monoisotopic (exact) mass is 738 g/mol. The molecule has 4 fully saturated rings. The number of carboxylic acid groups (broad SMARTS) is 2. The minimum atomic E-state index is -2.07. The molecule has 1 aromatic heterocycles. The van der Waals surface area contributed by atoms with E-state index in [1.54, 1.807) is 0 Å². The van der Waals surface area contributed by atoms with Gasteiger partial charge in [0.05, 0.1) is 23.7 Å². The third-order valence-electron chi connectivity index (χ3n) is 8.08. The van der Waals surface area contributed by atoms with E-state index in [1.165, 1.54) is 5.38 Å². The van der Waals surface area contributed by atoms with Gasteiger partial charge in [0.2, 0.25) is 16.4 Å². The van der Waals surface area contributed by atoms with Gasteiger partial charge < -0.3 is 41.2 Å². The summed E-state index contributed by atoms with van der Waals surface area (Å²) < 4.78 is 0. The van der Waals surface area contributed by atoms with Gasteiger partial charge in [0.25, 0.3) is 11.7 Å². The second-order valence-corrected chi connectivity index (χ2v) is 13.7. The highest BCUT2D eigenvalue weighted by atomic mass is 35.5. The first-order valence-electron chi connectivity index (χ1n) is 14.0. The number of nitrogens with two attached hydrogens (primary N) is 1. The number of thiazole rings is 1. The number of carboxylic acids is 2. The van der Waals surface area contributed by atoms with Gasteiger partial charge in [-0.15, -0.1) is 11.3 Å². The molecule has 4 aliphatic rings. The third kappa shape index (κ3) is 5.55. The molecule has 0 radical (unpaired) electrons. The van der Waals surface area contributed by atoms with E-state index in [9.17, 15) is 54.0 Å². The number of phenols is 2. The molecule has 3 atom stereocenters. The molecule has 5 amide bonds. The van der Waals surface area contributed by atoms with Crippen molar-refractivity contribution in [1.29, 1.82) is 0 Å². The molecular formula is C26H23ClN8O12S2. The number of anilines is 1. The summed E-state index contributed by atoms with van der Waals surface area (Å²) in [6, 6.07) is -0.410. The standard InChI is InChI=1S/C26H23ClN8O12S2/c27-12-9(1-2-11(36)16(12)38)15(37)18(40)31-35-6-5-34(24(35)46)26(22(44)45)8-33-19(41)14(20(33)49-26)30-17(39)13(10-7-48-23(28)29-10)32-47-25(3-4-25)21(42)43/h1-2,7,14,20,36,38H,3-6,8H2,(H2,28,29)(H,30,39)(H,31,40)(H,42,43)(H,44,45)/b32-13-/t14-,20-,26-/m1/s1. The Morgan fingerprint density at radius 2 is 1.80 bits per heavy atom. The molecule has 0 spiro atoms. The van der Waals surface area contributed by atoms with Gasteiger partial charge in [-0.2, -0.15) is 0 Å². The van der Waals surface area contributed by atoms with Crippen molar-refractivity contribution < 1.29 is 58.8 Å². The number of nitrogens with one attached hydrogen (secondary N) is 2. The molecule has 49 heavy (non-hydrogen) atoms. The van der Waals surface area contributed by atoms with E-state index in [-0.39, 0.29) is 36.8 Å². The van der Waals surface area contributed by atoms with Crippen molar-refractivity contribution >= 4 is 87.0 Å². The number of nitrogen functional groups attached to an aromatic ring is 1. The van der Waals surface area contributed by atoms with Crippen molar-refractivity contribution in [3.05, 3.63) is 33.8 Å². The molecule has 0 bridgehead atoms. The van der Waals surface area contributed by atoms with Crippen molar-refractivity contribution in [2.24, 2.45) is 5.16 Å². The van der Waals surface area contributed by atoms with Crippen LogP contribution in [0.15, 0.2) is 22.7 Å². The zero-order valence-electron chi connectivity index (χ0n) is 24.5. The van der Waals surface area contributed by atoms with Crippen LogP contribution in [0.5, 0.6) is 11.5 Å². The zero-order valence-corrected chi connectivity index (χ0v) is 26.9. The fraction of sp³-hybridized carbons (Fsp3) is 0.346. The van der Waals surface area contributed by atoms with Crippen LogP contribution in [0.25, 0.3) is 0 Å². The fourth-order valence-electron chi connectivity index (χ4n) is 5.21. The molecule has 6 rings (SSSR count). The van der Waals surface area contributed by atoms with Crippen LogP contribution in [0.2, 0.25) is 5.02 Å². The van der Waals surface area contributed by atoms with Gasteiger partial charge in [-0.1, -0.05) is 28.5 Å². The van der Waals surface area contributed by atoms with E-state index in [1.807, 2.05) is 0 Å². The second-order valence-electron chi connectivity index (χ2n) is 11.1. The average molecular weight is 739 g/mol. The van der Waals surface area contributed by atoms with Crippen LogP contribution in [-0.2, 0) is 28.8 Å². The van der Waals surface area contributed by atoms with Gasteiger partial charge in [-0.3, -0.25) is 29.5 Å². The van der Waals surface area contributed by atoms with Crippen molar-refractivity contribution in [2.75, 3.05) is 25.4 Å². The number of carbonyl (C=O) groups is 7. The number of oxime groups is 1. The fourth-order valence-corrected chi connectivity index (χ4v) is 7.64. The minimum absolute atomic E-state index is 0.0588. The third-order valence-corrected chi connectivity index (χ3v) is 10.8. The Morgan fingerprint density at radius 1 is 1.08 bits per heavy atom. The van der Waals surface area contributed by atoms with E-state index in [0.29, 0.717) is 16.8 Å². The Labute approximate surface area is 286 Å². The van der Waals surface area contributed by atoms with E-state index in [4.69, 9.17) is 22.2 Å². The number of halogens is 1. The number of ketones is 1. The molecule has 1 saturated carbocycles. The number of benzene rings is 1. The largest absolute Gasteiger partial charge is 0.504 e. The number of hydrogen-bond acceptors (Lipinski definition) is 15. The number of hydrogen-bond donors (Lipinski definition) is 7. The molecular weight excluding hydrogens is 716 g/mol. The number of rotatable bonds is 11. The maximum Gasteiger partial charge on any atom is 0.350 e. The molecule has 1 aliphatic carbocycles. The molecule has 2 aromatic rings. The lowest BCUT2D eigenvalue weighted by molar-refractivity contribution is -0.153. The SMILES string of the molecule is Nc1nc(/C(=N/OC2(C(=O)O)CC2)C(=O)N[C@@H]2C(=O)N3C[C@@](C(=O)O)(N4CCN(NC(=O)C(=O)c5ccc(O)c(O)c5Cl)C4=O)S[C@H]23)cs1. The summed E-state index contributed by atoms with van der Waals surface area (Å²) in [5.74, 6) is -8.57. The minimum Gasteiger partial charge on any atom is -0.504 e. The number of hydrazine groups is 1. The van der Waals surface area contributed by atoms with E-state index < -0.39 is 97.7 Å². The lowest BCUT2D eigenvalue weighted by Gasteiger charge is -2.41. The summed E-state index contributed by atoms with van der Waals surface area (Å²) in [7, 11) is 0. The van der Waals surface area contributed by atoms with Crippen molar-refractivity contribution in [3.8, 4) is 11.5 Å². The molecule has 258 valence electrons. The Balaban J connectivity index is 1.15. The number of carbonyl (C=O) groups excluding carboxylic acids is 5.